The molecule has 1 N–H and O–H groups in total. The molecule has 17 heavy (non-hydrogen) atoms. The van der Waals surface area contributed by atoms with Crippen molar-refractivity contribution in [2.45, 2.75) is 0 Å². The van der Waals surface area contributed by atoms with Crippen molar-refractivity contribution in [2.24, 2.45) is 0 Å². The maximum absolute atomic E-state index is 11.5. The fourth-order valence-corrected chi connectivity index (χ4v) is 2.29. The lowest BCUT2D eigenvalue weighted by atomic mass is 10.5. The molecule has 0 saturated heterocycles. The van der Waals surface area contributed by atoms with Crippen molar-refractivity contribution < 1.29 is 9.00 Å². The lowest BCUT2D eigenvalue weighted by Crippen LogP contribution is -2.17. The minimum absolute atomic E-state index is 0.313. The third-order valence-corrected chi connectivity index (χ3v) is 3.27. The van der Waals surface area contributed by atoms with Crippen LogP contribution in [0, 0.1) is 0 Å². The van der Waals surface area contributed by atoms with Gasteiger partial charge in [0.05, 0.1) is 12.4 Å². The molecule has 2 aromatic rings. The molecule has 0 fully saturated rings. The van der Waals surface area contributed by atoms with Crippen molar-refractivity contribution >= 4 is 21.9 Å². The number of carbonyl (C=O) groups excluding carboxylic acids is 1. The Balaban J connectivity index is 1.99. The largest absolute Gasteiger partial charge is 0.269 e. The van der Waals surface area contributed by atoms with E-state index >= 15 is 0 Å². The van der Waals surface area contributed by atoms with E-state index in [1.807, 2.05) is 0 Å². The second-order valence-corrected chi connectivity index (χ2v) is 4.47. The number of amides is 1. The average molecular weight is 249 g/mol. The molecular formula is C9H7N5O2S. The molecule has 0 radical (unpaired) electrons. The van der Waals surface area contributed by atoms with Gasteiger partial charge in [0.1, 0.15) is 5.69 Å². The number of carbonyl (C=O) groups is 1. The van der Waals surface area contributed by atoms with Gasteiger partial charge in [0.25, 0.3) is 5.91 Å². The van der Waals surface area contributed by atoms with Gasteiger partial charge in [-0.05, 0) is 6.07 Å². The third kappa shape index (κ3) is 1.68. The zero-order valence-corrected chi connectivity index (χ0v) is 9.29. The second-order valence-electron chi connectivity index (χ2n) is 3.31. The summed E-state index contributed by atoms with van der Waals surface area (Å²) < 4.78 is 16.8. The summed E-state index contributed by atoms with van der Waals surface area (Å²) in [7, 11) is -1.54. The second kappa shape index (κ2) is 3.67. The summed E-state index contributed by atoms with van der Waals surface area (Å²) in [6, 6.07) is 1.79. The molecule has 3 rings (SSSR count). The van der Waals surface area contributed by atoms with Gasteiger partial charge in [-0.25, -0.2) is 13.6 Å². The number of nitrogens with one attached hydrogen (secondary N) is 1. The fraction of sp³-hybridized carbons (Fsp3) is 0. The van der Waals surface area contributed by atoms with Gasteiger partial charge in [0.2, 0.25) is 0 Å². The SMILES string of the molecule is O=C1C=C(n2cc(-n3cccn3)cn2)S(=O)N1. The van der Waals surface area contributed by atoms with Crippen LogP contribution < -0.4 is 4.72 Å². The Hall–Kier alpha value is -2.22. The van der Waals surface area contributed by atoms with Gasteiger partial charge in [-0.3, -0.25) is 9.52 Å². The monoisotopic (exact) mass is 249 g/mol. The van der Waals surface area contributed by atoms with E-state index in [-0.39, 0.29) is 5.91 Å². The zero-order valence-electron chi connectivity index (χ0n) is 8.48. The highest BCUT2D eigenvalue weighted by molar-refractivity contribution is 7.93. The molecule has 8 heteroatoms. The Morgan fingerprint density at radius 2 is 2.18 bits per heavy atom. The van der Waals surface area contributed by atoms with Crippen LogP contribution >= 0.6 is 0 Å². The Kier molecular flexibility index (Phi) is 2.15. The van der Waals surface area contributed by atoms with Gasteiger partial charge in [0, 0.05) is 18.5 Å². The molecule has 7 nitrogen and oxygen atoms in total. The topological polar surface area (TPSA) is 81.8 Å². The number of rotatable bonds is 2. The van der Waals surface area contributed by atoms with Crippen LogP contribution in [-0.2, 0) is 15.8 Å². The normalized spacial score (nSPS) is 19.2. The van der Waals surface area contributed by atoms with Gasteiger partial charge < -0.3 is 0 Å². The Bertz CT molecular complexity index is 628. The summed E-state index contributed by atoms with van der Waals surface area (Å²) in [4.78, 5) is 11.0. The Morgan fingerprint density at radius 3 is 2.82 bits per heavy atom. The Morgan fingerprint density at radius 1 is 1.29 bits per heavy atom. The molecule has 1 unspecified atom stereocenters. The highest BCUT2D eigenvalue weighted by Crippen LogP contribution is 2.14. The fourth-order valence-electron chi connectivity index (χ4n) is 1.46. The molecule has 1 aliphatic rings. The summed E-state index contributed by atoms with van der Waals surface area (Å²) in [6.45, 7) is 0. The van der Waals surface area contributed by atoms with E-state index in [4.69, 9.17) is 0 Å². The zero-order chi connectivity index (χ0) is 11.8. The van der Waals surface area contributed by atoms with Crippen LogP contribution in [0.2, 0.25) is 0 Å². The number of nitrogens with zero attached hydrogens (tertiary/aromatic N) is 4. The molecule has 3 heterocycles. The predicted octanol–water partition coefficient (Wildman–Crippen LogP) is -0.339. The minimum Gasteiger partial charge on any atom is -0.269 e. The standard InChI is InChI=1S/C9H7N5O2S/c15-8-4-9(17(16)12-8)14-6-7(5-11-14)13-3-1-2-10-13/h1-6H,(H,12,15). The minimum atomic E-state index is -1.54. The Labute approximate surface area is 98.3 Å². The molecule has 2 aromatic heterocycles. The number of hydrogen-bond donors (Lipinski definition) is 1. The highest BCUT2D eigenvalue weighted by Gasteiger charge is 2.21. The first-order chi connectivity index (χ1) is 8.24. The molecular weight excluding hydrogens is 242 g/mol. The summed E-state index contributed by atoms with van der Waals surface area (Å²) in [5, 5.41) is 8.40. The number of aromatic nitrogens is 4. The lowest BCUT2D eigenvalue weighted by molar-refractivity contribution is -0.114. The maximum atomic E-state index is 11.5. The van der Waals surface area contributed by atoms with Crippen molar-refractivity contribution in [1.82, 2.24) is 24.3 Å². The van der Waals surface area contributed by atoms with Crippen LogP contribution in [-0.4, -0.2) is 29.7 Å². The quantitative estimate of drug-likeness (QED) is 0.789. The molecule has 1 aliphatic heterocycles. The van der Waals surface area contributed by atoms with E-state index in [2.05, 4.69) is 14.9 Å². The molecule has 0 aromatic carbocycles. The van der Waals surface area contributed by atoms with Crippen molar-refractivity contribution in [3.05, 3.63) is 36.9 Å². The number of hydrogen-bond acceptors (Lipinski definition) is 4. The van der Waals surface area contributed by atoms with Crippen LogP contribution in [0.5, 0.6) is 0 Å². The van der Waals surface area contributed by atoms with Crippen molar-refractivity contribution in [3.63, 3.8) is 0 Å². The predicted molar refractivity (Wildman–Crippen MR) is 59.9 cm³/mol. The van der Waals surface area contributed by atoms with E-state index in [1.165, 1.54) is 10.8 Å². The van der Waals surface area contributed by atoms with Gasteiger partial charge >= 0.3 is 0 Å². The van der Waals surface area contributed by atoms with Crippen LogP contribution in [0.1, 0.15) is 0 Å². The van der Waals surface area contributed by atoms with Crippen molar-refractivity contribution in [1.29, 1.82) is 0 Å². The van der Waals surface area contributed by atoms with Gasteiger partial charge in [-0.2, -0.15) is 10.2 Å². The molecule has 0 saturated carbocycles. The van der Waals surface area contributed by atoms with Gasteiger partial charge in [-0.15, -0.1) is 0 Å². The molecule has 1 amide bonds. The molecule has 1 atom stereocenters. The first kappa shape index (κ1) is 9.97. The van der Waals surface area contributed by atoms with E-state index in [0.717, 1.165) is 5.69 Å². The van der Waals surface area contributed by atoms with Crippen LogP contribution in [0.4, 0.5) is 0 Å². The van der Waals surface area contributed by atoms with Crippen molar-refractivity contribution in [2.75, 3.05) is 0 Å². The van der Waals surface area contributed by atoms with Crippen LogP contribution in [0.25, 0.3) is 10.7 Å². The molecule has 0 aliphatic carbocycles. The van der Waals surface area contributed by atoms with Crippen LogP contribution in [0.3, 0.4) is 0 Å². The molecule has 0 bridgehead atoms. The average Bonchev–Trinajstić information content (AvgIpc) is 2.97. The van der Waals surface area contributed by atoms with Crippen LogP contribution in [0.15, 0.2) is 36.9 Å². The maximum Gasteiger partial charge on any atom is 0.258 e. The van der Waals surface area contributed by atoms with Gasteiger partial charge in [-0.1, -0.05) is 0 Å². The van der Waals surface area contributed by atoms with E-state index in [0.29, 0.717) is 5.03 Å². The van der Waals surface area contributed by atoms with E-state index in [9.17, 15) is 9.00 Å². The van der Waals surface area contributed by atoms with Crippen molar-refractivity contribution in [3.8, 4) is 5.69 Å². The van der Waals surface area contributed by atoms with E-state index in [1.54, 1.807) is 35.5 Å². The summed E-state index contributed by atoms with van der Waals surface area (Å²) >= 11 is 0. The first-order valence-electron chi connectivity index (χ1n) is 4.73. The van der Waals surface area contributed by atoms with E-state index < -0.39 is 11.0 Å². The third-order valence-electron chi connectivity index (χ3n) is 2.20. The summed E-state index contributed by atoms with van der Waals surface area (Å²) in [6.07, 6.45) is 7.90. The van der Waals surface area contributed by atoms with Gasteiger partial charge in [0.15, 0.2) is 16.0 Å². The highest BCUT2D eigenvalue weighted by atomic mass is 32.2. The smallest absolute Gasteiger partial charge is 0.258 e. The lowest BCUT2D eigenvalue weighted by Gasteiger charge is -1.98. The first-order valence-corrected chi connectivity index (χ1v) is 5.88. The molecule has 86 valence electrons. The molecule has 0 spiro atoms. The summed E-state index contributed by atoms with van der Waals surface area (Å²) in [5.41, 5.74) is 0.729. The summed E-state index contributed by atoms with van der Waals surface area (Å²) in [5.74, 6) is -0.380.